The summed E-state index contributed by atoms with van der Waals surface area (Å²) in [6.45, 7) is 1.90. The Bertz CT molecular complexity index is 1430. The molecule has 2 aliphatic heterocycles. The lowest BCUT2D eigenvalue weighted by molar-refractivity contribution is -0.134. The fourth-order valence-corrected chi connectivity index (χ4v) is 6.04. The predicted octanol–water partition coefficient (Wildman–Crippen LogP) is 2.57. The van der Waals surface area contributed by atoms with Crippen LogP contribution in [0.2, 0.25) is 0 Å². The van der Waals surface area contributed by atoms with Crippen molar-refractivity contribution in [1.29, 1.82) is 0 Å². The molecule has 0 atom stereocenters. The average Bonchev–Trinajstić information content (AvgIpc) is 2.90. The maximum absolute atomic E-state index is 13.0. The van der Waals surface area contributed by atoms with Gasteiger partial charge in [0.2, 0.25) is 9.84 Å². The average molecular weight is 491 g/mol. The first-order valence-electron chi connectivity index (χ1n) is 11.1. The molecule has 0 bridgehead atoms. The number of rotatable bonds is 4. The van der Waals surface area contributed by atoms with Crippen molar-refractivity contribution in [2.75, 3.05) is 37.7 Å². The van der Waals surface area contributed by atoms with E-state index in [1.165, 1.54) is 30.3 Å². The van der Waals surface area contributed by atoms with Gasteiger partial charge in [-0.1, -0.05) is 30.3 Å². The van der Waals surface area contributed by atoms with E-state index in [0.717, 1.165) is 11.8 Å². The Hall–Kier alpha value is -3.98. The van der Waals surface area contributed by atoms with Gasteiger partial charge in [-0.3, -0.25) is 9.59 Å². The Balaban J connectivity index is 1.24. The Kier molecular flexibility index (Phi) is 5.86. The van der Waals surface area contributed by atoms with Crippen molar-refractivity contribution in [3.05, 3.63) is 89.5 Å². The highest BCUT2D eigenvalue weighted by atomic mass is 32.2. The molecule has 9 heteroatoms. The number of carbonyl (C=O) groups is 3. The van der Waals surface area contributed by atoms with E-state index in [-0.39, 0.29) is 32.4 Å². The molecule has 0 N–H and O–H groups in total. The summed E-state index contributed by atoms with van der Waals surface area (Å²) in [5.74, 6) is -1.57. The molecule has 3 aromatic rings. The zero-order chi connectivity index (χ0) is 24.6. The van der Waals surface area contributed by atoms with Crippen molar-refractivity contribution >= 4 is 33.2 Å². The van der Waals surface area contributed by atoms with Gasteiger partial charge >= 0.3 is 5.97 Å². The van der Waals surface area contributed by atoms with E-state index in [0.29, 0.717) is 26.2 Å². The number of nitrogens with zero attached hydrogens (tertiary/aromatic N) is 2. The molecule has 178 valence electrons. The highest BCUT2D eigenvalue weighted by Crippen LogP contribution is 2.34. The largest absolute Gasteiger partial charge is 0.452 e. The molecular formula is C26H22N2O6S. The monoisotopic (exact) mass is 490 g/mol. The van der Waals surface area contributed by atoms with Crippen LogP contribution < -0.4 is 4.90 Å². The van der Waals surface area contributed by atoms with Crippen molar-refractivity contribution < 1.29 is 27.5 Å². The Labute approximate surface area is 202 Å². The quantitative estimate of drug-likeness (QED) is 0.405. The standard InChI is InChI=1S/C26H22N2O6S/c29-24(28-14-12-27(13-15-28)19-6-2-1-3-7-19)17-34-26(31)18-10-11-21-23(16-18)35(32,33)22-9-5-4-8-20(22)25(21)30/h1-11,16H,12-15,17H2. The first kappa shape index (κ1) is 22.8. The Morgan fingerprint density at radius 2 is 1.46 bits per heavy atom. The van der Waals surface area contributed by atoms with Gasteiger partial charge in [0.05, 0.1) is 15.4 Å². The molecule has 1 amide bonds. The third-order valence-electron chi connectivity index (χ3n) is 6.25. The van der Waals surface area contributed by atoms with Crippen LogP contribution in [0.4, 0.5) is 5.69 Å². The SMILES string of the molecule is O=C(OCC(=O)N1CCN(c2ccccc2)CC1)c1ccc2c(c1)S(=O)(=O)c1ccccc1C2=O. The topological polar surface area (TPSA) is 101 Å². The van der Waals surface area contributed by atoms with Gasteiger partial charge in [0.15, 0.2) is 12.4 Å². The number of sulfone groups is 1. The third kappa shape index (κ3) is 4.19. The number of piperazine rings is 1. The maximum Gasteiger partial charge on any atom is 0.338 e. The lowest BCUT2D eigenvalue weighted by atomic mass is 10.0. The van der Waals surface area contributed by atoms with Crippen molar-refractivity contribution in [1.82, 2.24) is 4.90 Å². The molecule has 2 heterocycles. The highest BCUT2D eigenvalue weighted by Gasteiger charge is 2.35. The van der Waals surface area contributed by atoms with Gasteiger partial charge in [-0.05, 0) is 42.5 Å². The molecule has 0 aromatic heterocycles. The molecule has 1 fully saturated rings. The van der Waals surface area contributed by atoms with Crippen LogP contribution in [0.5, 0.6) is 0 Å². The Morgan fingerprint density at radius 3 is 2.20 bits per heavy atom. The minimum atomic E-state index is -3.98. The van der Waals surface area contributed by atoms with Crippen LogP contribution in [0.25, 0.3) is 0 Å². The van der Waals surface area contributed by atoms with Crippen molar-refractivity contribution in [3.63, 3.8) is 0 Å². The van der Waals surface area contributed by atoms with Crippen LogP contribution in [0.3, 0.4) is 0 Å². The summed E-state index contributed by atoms with van der Waals surface area (Å²) >= 11 is 0. The number of hydrogen-bond acceptors (Lipinski definition) is 7. The number of hydrogen-bond donors (Lipinski definition) is 0. The van der Waals surface area contributed by atoms with E-state index in [1.54, 1.807) is 11.0 Å². The minimum absolute atomic E-state index is 0.00705. The molecule has 1 saturated heterocycles. The summed E-state index contributed by atoms with van der Waals surface area (Å²) in [5, 5.41) is 0. The lowest BCUT2D eigenvalue weighted by Gasteiger charge is -2.36. The van der Waals surface area contributed by atoms with Gasteiger partial charge in [-0.2, -0.15) is 0 Å². The molecule has 0 radical (unpaired) electrons. The van der Waals surface area contributed by atoms with E-state index >= 15 is 0 Å². The van der Waals surface area contributed by atoms with Gasteiger partial charge in [0.25, 0.3) is 5.91 Å². The maximum atomic E-state index is 13.0. The summed E-state index contributed by atoms with van der Waals surface area (Å²) in [4.78, 5) is 41.4. The molecule has 0 aliphatic carbocycles. The van der Waals surface area contributed by atoms with Crippen LogP contribution >= 0.6 is 0 Å². The smallest absolute Gasteiger partial charge is 0.338 e. The fraction of sp³-hybridized carbons (Fsp3) is 0.192. The number of esters is 1. The number of anilines is 1. The van der Waals surface area contributed by atoms with Crippen molar-refractivity contribution in [3.8, 4) is 0 Å². The molecule has 5 rings (SSSR count). The van der Waals surface area contributed by atoms with Gasteiger partial charge < -0.3 is 14.5 Å². The van der Waals surface area contributed by atoms with Crippen LogP contribution in [0.1, 0.15) is 26.3 Å². The van der Waals surface area contributed by atoms with Gasteiger partial charge in [0.1, 0.15) is 0 Å². The molecular weight excluding hydrogens is 468 g/mol. The zero-order valence-electron chi connectivity index (χ0n) is 18.7. The first-order chi connectivity index (χ1) is 16.9. The second-order valence-corrected chi connectivity index (χ2v) is 10.2. The van der Waals surface area contributed by atoms with Crippen LogP contribution in [0.15, 0.2) is 82.6 Å². The molecule has 35 heavy (non-hydrogen) atoms. The first-order valence-corrected chi connectivity index (χ1v) is 12.6. The molecule has 3 aromatic carbocycles. The summed E-state index contributed by atoms with van der Waals surface area (Å²) in [5.41, 5.74) is 1.16. The number of ether oxygens (including phenoxy) is 1. The van der Waals surface area contributed by atoms with E-state index < -0.39 is 28.2 Å². The molecule has 0 spiro atoms. The number of ketones is 1. The third-order valence-corrected chi connectivity index (χ3v) is 8.10. The highest BCUT2D eigenvalue weighted by molar-refractivity contribution is 7.91. The number of benzene rings is 3. The molecule has 2 aliphatic rings. The zero-order valence-corrected chi connectivity index (χ0v) is 19.5. The number of amides is 1. The predicted molar refractivity (Wildman–Crippen MR) is 127 cm³/mol. The van der Waals surface area contributed by atoms with Gasteiger partial charge in [-0.25, -0.2) is 13.2 Å². The minimum Gasteiger partial charge on any atom is -0.452 e. The molecule has 0 saturated carbocycles. The van der Waals surface area contributed by atoms with E-state index in [2.05, 4.69) is 4.90 Å². The lowest BCUT2D eigenvalue weighted by Crippen LogP contribution is -2.49. The van der Waals surface area contributed by atoms with E-state index in [9.17, 15) is 22.8 Å². The van der Waals surface area contributed by atoms with Gasteiger partial charge in [-0.15, -0.1) is 0 Å². The number of fused-ring (bicyclic) bond motifs is 2. The second-order valence-electron chi connectivity index (χ2n) is 8.32. The van der Waals surface area contributed by atoms with Gasteiger partial charge in [0, 0.05) is 43.0 Å². The van der Waals surface area contributed by atoms with Crippen molar-refractivity contribution in [2.24, 2.45) is 0 Å². The number of para-hydroxylation sites is 1. The molecule has 0 unspecified atom stereocenters. The van der Waals surface area contributed by atoms with Crippen LogP contribution in [-0.4, -0.2) is 63.8 Å². The summed E-state index contributed by atoms with van der Waals surface area (Å²) in [6.07, 6.45) is 0. The van der Waals surface area contributed by atoms with Crippen LogP contribution in [0, 0.1) is 0 Å². The van der Waals surface area contributed by atoms with E-state index in [4.69, 9.17) is 4.74 Å². The number of carbonyl (C=O) groups excluding carboxylic acids is 3. The van der Waals surface area contributed by atoms with E-state index in [1.807, 2.05) is 30.3 Å². The summed E-state index contributed by atoms with van der Waals surface area (Å²) in [7, 11) is -3.98. The molecule has 8 nitrogen and oxygen atoms in total. The second kappa shape index (κ2) is 8.99. The fourth-order valence-electron chi connectivity index (χ4n) is 4.37. The van der Waals surface area contributed by atoms with Crippen LogP contribution in [-0.2, 0) is 19.4 Å². The normalized spacial score (nSPS) is 16.3. The van der Waals surface area contributed by atoms with Crippen molar-refractivity contribution in [2.45, 2.75) is 9.79 Å². The Morgan fingerprint density at radius 1 is 0.800 bits per heavy atom. The summed E-state index contributed by atoms with van der Waals surface area (Å²) in [6, 6.07) is 19.7. The summed E-state index contributed by atoms with van der Waals surface area (Å²) < 4.78 is 31.3.